The van der Waals surface area contributed by atoms with Crippen molar-refractivity contribution in [2.24, 2.45) is 0 Å². The number of aromatic nitrogens is 4. The van der Waals surface area contributed by atoms with Gasteiger partial charge in [-0.25, -0.2) is 4.68 Å². The first kappa shape index (κ1) is 22.1. The van der Waals surface area contributed by atoms with E-state index in [2.05, 4.69) is 15.4 Å². The van der Waals surface area contributed by atoms with Crippen LogP contribution in [0, 0.1) is 0 Å². The van der Waals surface area contributed by atoms with E-state index in [1.807, 2.05) is 9.80 Å². The van der Waals surface area contributed by atoms with Gasteiger partial charge in [-0.05, 0) is 37.5 Å². The molecule has 2 saturated heterocycles. The maximum atomic E-state index is 13.3. The number of halogens is 3. The van der Waals surface area contributed by atoms with Crippen LogP contribution in [0.5, 0.6) is 0 Å². The predicted octanol–water partition coefficient (Wildman–Crippen LogP) is 2.58. The number of fused-ring (bicyclic) bond motifs is 1. The molecule has 1 aromatic carbocycles. The van der Waals surface area contributed by atoms with Crippen LogP contribution in [0.25, 0.3) is 16.7 Å². The molecule has 6 rings (SSSR count). The van der Waals surface area contributed by atoms with E-state index >= 15 is 0 Å². The Hall–Kier alpha value is -3.41. The van der Waals surface area contributed by atoms with Crippen molar-refractivity contribution in [1.29, 1.82) is 0 Å². The largest absolute Gasteiger partial charge is 0.416 e. The van der Waals surface area contributed by atoms with Crippen LogP contribution in [-0.4, -0.2) is 73.5 Å². The van der Waals surface area contributed by atoms with Gasteiger partial charge >= 0.3 is 6.18 Å². The highest BCUT2D eigenvalue weighted by Gasteiger charge is 2.38. The zero-order chi connectivity index (χ0) is 24.3. The van der Waals surface area contributed by atoms with Crippen LogP contribution in [0.15, 0.2) is 30.5 Å². The van der Waals surface area contributed by atoms with Gasteiger partial charge in [-0.3, -0.25) is 4.79 Å². The lowest BCUT2D eigenvalue weighted by molar-refractivity contribution is -0.137. The van der Waals surface area contributed by atoms with Crippen molar-refractivity contribution < 1.29 is 23.1 Å². The van der Waals surface area contributed by atoms with E-state index in [0.29, 0.717) is 55.2 Å². The lowest BCUT2D eigenvalue weighted by Gasteiger charge is -2.44. The Bertz CT molecular complexity index is 1280. The minimum atomic E-state index is -4.48. The van der Waals surface area contributed by atoms with Crippen molar-refractivity contribution >= 4 is 28.7 Å². The summed E-state index contributed by atoms with van der Waals surface area (Å²) in [6.45, 7) is 2.00. The summed E-state index contributed by atoms with van der Waals surface area (Å²) in [5, 5.41) is 17.8. The number of alkyl halides is 3. The molecule has 0 unspecified atom stereocenters. The number of nitrogens with one attached hydrogen (secondary N) is 1. The number of rotatable bonds is 5. The van der Waals surface area contributed by atoms with Gasteiger partial charge in [0, 0.05) is 32.1 Å². The van der Waals surface area contributed by atoms with Crippen LogP contribution < -0.4 is 10.2 Å². The SMILES string of the molecule is O=C1CCCN1C1CN(c2nc(N[C@H]3C[C@H](O)C3)nc3c2cnn3-c2cccc(C(F)(F)F)c2)C1. The number of aliphatic hydroxyl groups excluding tert-OH is 1. The van der Waals surface area contributed by atoms with Gasteiger partial charge in [0.1, 0.15) is 5.82 Å². The smallest absolute Gasteiger partial charge is 0.393 e. The highest BCUT2D eigenvalue weighted by atomic mass is 19.4. The monoisotopic (exact) mass is 487 g/mol. The standard InChI is InChI=1S/C23H24F3N7O2/c24-23(25,26)13-3-1-4-15(7-13)33-21-18(10-27-33)20(29-22(30-21)28-14-8-17(34)9-14)31-11-16(12-31)32-6-2-5-19(32)35/h1,3-4,7,10,14,16-17,34H,2,5-6,8-9,11-12H2,(H,28,29,30)/t14-,17-. The molecule has 0 atom stereocenters. The average molecular weight is 487 g/mol. The topological polar surface area (TPSA) is 99.4 Å². The Labute approximate surface area is 198 Å². The maximum Gasteiger partial charge on any atom is 0.416 e. The molecule has 3 aliphatic rings. The second-order valence-electron chi connectivity index (χ2n) is 9.43. The molecule has 2 N–H and O–H groups in total. The second-order valence-corrected chi connectivity index (χ2v) is 9.43. The lowest BCUT2D eigenvalue weighted by atomic mass is 9.90. The molecule has 3 aromatic rings. The van der Waals surface area contributed by atoms with Crippen molar-refractivity contribution in [2.75, 3.05) is 29.9 Å². The van der Waals surface area contributed by atoms with Gasteiger partial charge in [-0.1, -0.05) is 6.07 Å². The molecule has 2 aliphatic heterocycles. The second kappa shape index (κ2) is 8.08. The predicted molar refractivity (Wildman–Crippen MR) is 121 cm³/mol. The van der Waals surface area contributed by atoms with Crippen molar-refractivity contribution in [1.82, 2.24) is 24.6 Å². The first-order chi connectivity index (χ1) is 16.8. The van der Waals surface area contributed by atoms with E-state index in [1.54, 1.807) is 12.3 Å². The summed E-state index contributed by atoms with van der Waals surface area (Å²) in [6.07, 6.45) is -0.663. The third kappa shape index (κ3) is 3.95. The van der Waals surface area contributed by atoms with Crippen LogP contribution >= 0.6 is 0 Å². The highest BCUT2D eigenvalue weighted by molar-refractivity contribution is 5.90. The van der Waals surface area contributed by atoms with E-state index in [-0.39, 0.29) is 29.8 Å². The van der Waals surface area contributed by atoms with Crippen molar-refractivity contribution in [3.63, 3.8) is 0 Å². The maximum absolute atomic E-state index is 13.3. The minimum absolute atomic E-state index is 0.0200. The van der Waals surface area contributed by atoms with Crippen LogP contribution in [0.1, 0.15) is 31.2 Å². The summed E-state index contributed by atoms with van der Waals surface area (Å²) in [6, 6.07) is 5.10. The highest BCUT2D eigenvalue weighted by Crippen LogP contribution is 2.34. The fourth-order valence-corrected chi connectivity index (χ4v) is 4.97. The first-order valence-corrected chi connectivity index (χ1v) is 11.7. The third-order valence-corrected chi connectivity index (χ3v) is 6.99. The van der Waals surface area contributed by atoms with Gasteiger partial charge < -0.3 is 20.2 Å². The zero-order valence-corrected chi connectivity index (χ0v) is 18.7. The first-order valence-electron chi connectivity index (χ1n) is 11.7. The van der Waals surface area contributed by atoms with E-state index < -0.39 is 11.7 Å². The van der Waals surface area contributed by atoms with Crippen LogP contribution in [0.4, 0.5) is 24.9 Å². The normalized spacial score (nSPS) is 23.0. The van der Waals surface area contributed by atoms with Gasteiger partial charge in [0.2, 0.25) is 11.9 Å². The summed E-state index contributed by atoms with van der Waals surface area (Å²) < 4.78 is 41.3. The van der Waals surface area contributed by atoms with Gasteiger partial charge in [0.25, 0.3) is 0 Å². The fraction of sp³-hybridized carbons (Fsp3) is 0.478. The Kier molecular flexibility index (Phi) is 5.09. The molecule has 3 fully saturated rings. The number of hydrogen-bond acceptors (Lipinski definition) is 7. The van der Waals surface area contributed by atoms with Crippen LogP contribution in [-0.2, 0) is 11.0 Å². The number of amides is 1. The van der Waals surface area contributed by atoms with E-state index in [9.17, 15) is 23.1 Å². The Morgan fingerprint density at radius 3 is 2.63 bits per heavy atom. The molecule has 0 bridgehead atoms. The number of hydrogen-bond donors (Lipinski definition) is 2. The number of benzene rings is 1. The number of carbonyl (C=O) groups is 1. The van der Waals surface area contributed by atoms with Gasteiger partial charge in [0.15, 0.2) is 5.65 Å². The Balaban J connectivity index is 1.36. The van der Waals surface area contributed by atoms with Crippen molar-refractivity contribution in [2.45, 2.75) is 50.0 Å². The van der Waals surface area contributed by atoms with Crippen LogP contribution in [0.3, 0.4) is 0 Å². The zero-order valence-electron chi connectivity index (χ0n) is 18.7. The summed E-state index contributed by atoms with van der Waals surface area (Å²) in [5.74, 6) is 1.13. The molecule has 0 spiro atoms. The fourth-order valence-electron chi connectivity index (χ4n) is 4.97. The quantitative estimate of drug-likeness (QED) is 0.571. The van der Waals surface area contributed by atoms with Crippen molar-refractivity contribution in [3.05, 3.63) is 36.0 Å². The number of carbonyl (C=O) groups excluding carboxylic acids is 1. The average Bonchev–Trinajstić information content (AvgIpc) is 3.38. The number of anilines is 2. The molecule has 2 aromatic heterocycles. The van der Waals surface area contributed by atoms with Crippen molar-refractivity contribution in [3.8, 4) is 5.69 Å². The van der Waals surface area contributed by atoms with Gasteiger partial charge in [0.05, 0.1) is 35.0 Å². The van der Waals surface area contributed by atoms with E-state index in [4.69, 9.17) is 4.98 Å². The van der Waals surface area contributed by atoms with Gasteiger partial charge in [-0.2, -0.15) is 28.2 Å². The van der Waals surface area contributed by atoms with Crippen LogP contribution in [0.2, 0.25) is 0 Å². The lowest BCUT2D eigenvalue weighted by Crippen LogP contribution is -2.60. The minimum Gasteiger partial charge on any atom is -0.393 e. The number of aliphatic hydroxyl groups is 1. The molecule has 4 heterocycles. The van der Waals surface area contributed by atoms with E-state index in [1.165, 1.54) is 10.7 Å². The molecule has 12 heteroatoms. The summed E-state index contributed by atoms with van der Waals surface area (Å²) in [7, 11) is 0. The Morgan fingerprint density at radius 2 is 1.94 bits per heavy atom. The van der Waals surface area contributed by atoms with Gasteiger partial charge in [-0.15, -0.1) is 0 Å². The molecule has 0 radical (unpaired) electrons. The summed E-state index contributed by atoms with van der Waals surface area (Å²) >= 11 is 0. The molecule has 9 nitrogen and oxygen atoms in total. The number of nitrogens with zero attached hydrogens (tertiary/aromatic N) is 6. The molecule has 35 heavy (non-hydrogen) atoms. The molecular weight excluding hydrogens is 463 g/mol. The Morgan fingerprint density at radius 1 is 1.14 bits per heavy atom. The van der Waals surface area contributed by atoms with E-state index in [0.717, 1.165) is 25.1 Å². The third-order valence-electron chi connectivity index (χ3n) is 6.99. The molecule has 1 aliphatic carbocycles. The summed E-state index contributed by atoms with van der Waals surface area (Å²) in [5.41, 5.74) is -0.137. The summed E-state index contributed by atoms with van der Waals surface area (Å²) in [4.78, 5) is 25.4. The molecule has 1 saturated carbocycles. The molecule has 1 amide bonds. The number of likely N-dealkylation sites (tertiary alicyclic amines) is 1. The molecule has 184 valence electrons. The molecular formula is C23H24F3N7O2.